The molecule has 0 spiro atoms. The Morgan fingerprint density at radius 2 is 2.00 bits per heavy atom. The summed E-state index contributed by atoms with van der Waals surface area (Å²) in [5, 5.41) is 2.21. The molecule has 1 N–H and O–H groups in total. The molecule has 6 heteroatoms. The standard InChI is InChI=1S/C20H21NO4S/c1-2-13-8-9-16-15(10-13)11-17(26-16)20(24)25-12-18(22)21-19(23)14-6-4-3-5-7-14/h3-7,11,13H,2,8-10,12H2,1H3,(H,21,22,23)/t13-/m1/s1. The van der Waals surface area contributed by atoms with Gasteiger partial charge in [0.2, 0.25) is 0 Å². The van der Waals surface area contributed by atoms with Crippen molar-refractivity contribution in [3.05, 3.63) is 57.3 Å². The molecule has 1 aliphatic rings. The third kappa shape index (κ3) is 4.38. The Morgan fingerprint density at radius 3 is 2.73 bits per heavy atom. The summed E-state index contributed by atoms with van der Waals surface area (Å²) in [6.45, 7) is 1.71. The quantitative estimate of drug-likeness (QED) is 0.818. The molecule has 0 saturated carbocycles. The van der Waals surface area contributed by atoms with Gasteiger partial charge in [-0.05, 0) is 48.9 Å². The second kappa shape index (κ2) is 8.27. The minimum Gasteiger partial charge on any atom is -0.451 e. The van der Waals surface area contributed by atoms with Crippen LogP contribution in [-0.2, 0) is 22.4 Å². The van der Waals surface area contributed by atoms with Crippen LogP contribution in [-0.4, -0.2) is 24.4 Å². The van der Waals surface area contributed by atoms with Gasteiger partial charge in [-0.3, -0.25) is 14.9 Å². The van der Waals surface area contributed by atoms with E-state index >= 15 is 0 Å². The van der Waals surface area contributed by atoms with E-state index in [1.807, 2.05) is 6.07 Å². The molecule has 0 bridgehead atoms. The second-order valence-corrected chi connectivity index (χ2v) is 7.53. The van der Waals surface area contributed by atoms with Crippen LogP contribution in [0, 0.1) is 5.92 Å². The van der Waals surface area contributed by atoms with Crippen molar-refractivity contribution < 1.29 is 19.1 Å². The van der Waals surface area contributed by atoms with Crippen LogP contribution in [0.4, 0.5) is 0 Å². The van der Waals surface area contributed by atoms with Gasteiger partial charge in [-0.25, -0.2) is 4.79 Å². The Hall–Kier alpha value is -2.47. The van der Waals surface area contributed by atoms with Gasteiger partial charge in [0.25, 0.3) is 11.8 Å². The van der Waals surface area contributed by atoms with E-state index in [0.717, 1.165) is 25.7 Å². The van der Waals surface area contributed by atoms with Gasteiger partial charge in [-0.15, -0.1) is 11.3 Å². The van der Waals surface area contributed by atoms with Crippen LogP contribution < -0.4 is 5.32 Å². The van der Waals surface area contributed by atoms with Crippen molar-refractivity contribution in [1.82, 2.24) is 5.32 Å². The summed E-state index contributed by atoms with van der Waals surface area (Å²) in [5.74, 6) is -0.987. The molecule has 0 aliphatic heterocycles. The highest BCUT2D eigenvalue weighted by Gasteiger charge is 2.23. The van der Waals surface area contributed by atoms with Gasteiger partial charge in [-0.2, -0.15) is 0 Å². The first-order valence-electron chi connectivity index (χ1n) is 8.74. The largest absolute Gasteiger partial charge is 0.451 e. The number of fused-ring (bicyclic) bond motifs is 1. The molecule has 3 rings (SSSR count). The zero-order valence-electron chi connectivity index (χ0n) is 14.6. The first kappa shape index (κ1) is 18.3. The van der Waals surface area contributed by atoms with E-state index in [4.69, 9.17) is 4.74 Å². The first-order chi connectivity index (χ1) is 12.6. The third-order valence-electron chi connectivity index (χ3n) is 4.59. The van der Waals surface area contributed by atoms with Crippen LogP contribution in [0.5, 0.6) is 0 Å². The maximum Gasteiger partial charge on any atom is 0.348 e. The monoisotopic (exact) mass is 371 g/mol. The molecule has 1 aromatic heterocycles. The lowest BCUT2D eigenvalue weighted by Crippen LogP contribution is -2.34. The van der Waals surface area contributed by atoms with E-state index in [2.05, 4.69) is 12.2 Å². The molecular formula is C20H21NO4S. The molecule has 1 atom stereocenters. The first-order valence-corrected chi connectivity index (χ1v) is 9.56. The number of esters is 1. The van der Waals surface area contributed by atoms with Gasteiger partial charge >= 0.3 is 5.97 Å². The minimum absolute atomic E-state index is 0.378. The topological polar surface area (TPSA) is 72.5 Å². The minimum atomic E-state index is -0.639. The Balaban J connectivity index is 1.52. The molecule has 0 unspecified atom stereocenters. The molecule has 136 valence electrons. The average molecular weight is 371 g/mol. The molecule has 1 heterocycles. The molecular weight excluding hydrogens is 350 g/mol. The molecule has 26 heavy (non-hydrogen) atoms. The molecule has 2 amide bonds. The van der Waals surface area contributed by atoms with Crippen molar-refractivity contribution in [3.8, 4) is 0 Å². The van der Waals surface area contributed by atoms with E-state index in [1.165, 1.54) is 21.8 Å². The van der Waals surface area contributed by atoms with Crippen molar-refractivity contribution >= 4 is 29.1 Å². The fourth-order valence-corrected chi connectivity index (χ4v) is 4.18. The number of benzene rings is 1. The van der Waals surface area contributed by atoms with E-state index < -0.39 is 24.4 Å². The summed E-state index contributed by atoms with van der Waals surface area (Å²) in [4.78, 5) is 37.7. The number of ether oxygens (including phenoxy) is 1. The number of amides is 2. The van der Waals surface area contributed by atoms with Crippen LogP contribution in [0.2, 0.25) is 0 Å². The third-order valence-corrected chi connectivity index (χ3v) is 5.80. The van der Waals surface area contributed by atoms with Crippen LogP contribution in [0.15, 0.2) is 36.4 Å². The summed E-state index contributed by atoms with van der Waals surface area (Å²) >= 11 is 1.45. The van der Waals surface area contributed by atoms with Gasteiger partial charge in [-0.1, -0.05) is 31.5 Å². The molecule has 0 fully saturated rings. The Kier molecular flexibility index (Phi) is 5.83. The zero-order valence-corrected chi connectivity index (χ0v) is 15.4. The Bertz CT molecular complexity index is 812. The fraction of sp³-hybridized carbons (Fsp3) is 0.350. The van der Waals surface area contributed by atoms with Crippen molar-refractivity contribution in [1.29, 1.82) is 0 Å². The van der Waals surface area contributed by atoms with Crippen LogP contribution in [0.3, 0.4) is 0 Å². The zero-order chi connectivity index (χ0) is 18.5. The highest BCUT2D eigenvalue weighted by atomic mass is 32.1. The predicted octanol–water partition coefficient (Wildman–Crippen LogP) is 3.38. The second-order valence-electron chi connectivity index (χ2n) is 6.40. The van der Waals surface area contributed by atoms with E-state index in [0.29, 0.717) is 16.4 Å². The fourth-order valence-electron chi connectivity index (χ4n) is 3.07. The summed E-state index contributed by atoms with van der Waals surface area (Å²) in [5.41, 5.74) is 1.60. The van der Waals surface area contributed by atoms with Gasteiger partial charge < -0.3 is 4.74 Å². The lowest BCUT2D eigenvalue weighted by atomic mass is 9.87. The summed E-state index contributed by atoms with van der Waals surface area (Å²) in [6, 6.07) is 10.3. The maximum absolute atomic E-state index is 12.2. The van der Waals surface area contributed by atoms with Gasteiger partial charge in [0, 0.05) is 10.4 Å². The summed E-state index contributed by atoms with van der Waals surface area (Å²) in [6.07, 6.45) is 4.30. The summed E-state index contributed by atoms with van der Waals surface area (Å²) in [7, 11) is 0. The number of carbonyl (C=O) groups is 3. The molecule has 5 nitrogen and oxygen atoms in total. The van der Waals surface area contributed by atoms with Gasteiger partial charge in [0.15, 0.2) is 6.61 Å². The van der Waals surface area contributed by atoms with Crippen LogP contribution >= 0.6 is 11.3 Å². The van der Waals surface area contributed by atoms with E-state index in [-0.39, 0.29) is 0 Å². The number of hydrogen-bond donors (Lipinski definition) is 1. The van der Waals surface area contributed by atoms with E-state index in [9.17, 15) is 14.4 Å². The van der Waals surface area contributed by atoms with E-state index in [1.54, 1.807) is 30.3 Å². The SMILES string of the molecule is CC[C@@H]1CCc2sc(C(=O)OCC(=O)NC(=O)c3ccccc3)cc2C1. The molecule has 1 aromatic carbocycles. The number of aryl methyl sites for hydroxylation is 1. The predicted molar refractivity (Wildman–Crippen MR) is 99.3 cm³/mol. The molecule has 1 aliphatic carbocycles. The number of thiophene rings is 1. The lowest BCUT2D eigenvalue weighted by molar-refractivity contribution is -0.123. The summed E-state index contributed by atoms with van der Waals surface area (Å²) < 4.78 is 5.06. The highest BCUT2D eigenvalue weighted by molar-refractivity contribution is 7.14. The normalized spacial score (nSPS) is 15.8. The van der Waals surface area contributed by atoms with Gasteiger partial charge in [0.05, 0.1) is 0 Å². The number of imide groups is 1. The molecule has 2 aromatic rings. The average Bonchev–Trinajstić information content (AvgIpc) is 3.10. The lowest BCUT2D eigenvalue weighted by Gasteiger charge is -2.19. The Morgan fingerprint density at radius 1 is 1.23 bits per heavy atom. The molecule has 0 radical (unpaired) electrons. The highest BCUT2D eigenvalue weighted by Crippen LogP contribution is 2.33. The smallest absolute Gasteiger partial charge is 0.348 e. The number of carbonyl (C=O) groups excluding carboxylic acids is 3. The Labute approximate surface area is 156 Å². The van der Waals surface area contributed by atoms with Crippen molar-refractivity contribution in [2.24, 2.45) is 5.92 Å². The van der Waals surface area contributed by atoms with Gasteiger partial charge in [0.1, 0.15) is 4.88 Å². The number of nitrogens with one attached hydrogen (secondary N) is 1. The van der Waals surface area contributed by atoms with Crippen molar-refractivity contribution in [3.63, 3.8) is 0 Å². The van der Waals surface area contributed by atoms with Crippen LogP contribution in [0.1, 0.15) is 50.2 Å². The molecule has 0 saturated heterocycles. The van der Waals surface area contributed by atoms with Crippen LogP contribution in [0.25, 0.3) is 0 Å². The van der Waals surface area contributed by atoms with Crippen molar-refractivity contribution in [2.45, 2.75) is 32.6 Å². The maximum atomic E-state index is 12.2. The number of hydrogen-bond acceptors (Lipinski definition) is 5. The number of rotatable bonds is 5. The van der Waals surface area contributed by atoms with Crippen molar-refractivity contribution in [2.75, 3.05) is 6.61 Å².